The fraction of sp³-hybridized carbons (Fsp3) is 0.915. The second-order valence-electron chi connectivity index (χ2n) is 29.2. The van der Waals surface area contributed by atoms with Crippen LogP contribution in [-0.2, 0) is 101 Å². The van der Waals surface area contributed by atoms with Crippen LogP contribution < -0.4 is 0 Å². The Labute approximate surface area is 561 Å². The van der Waals surface area contributed by atoms with Crippen LogP contribution in [0.15, 0.2) is 23.8 Å². The molecule has 31 atom stereocenters. The van der Waals surface area contributed by atoms with Gasteiger partial charge in [-0.05, 0) is 112 Å². The van der Waals surface area contributed by atoms with Gasteiger partial charge in [0.05, 0.1) is 44.2 Å². The molecule has 0 aromatic heterocycles. The van der Waals surface area contributed by atoms with Crippen molar-refractivity contribution >= 4 is 37.0 Å². The molecule has 0 aromatic rings. The zero-order chi connectivity index (χ0) is 72.0. The molecule has 5 saturated heterocycles. The Morgan fingerprint density at radius 2 is 1.13 bits per heavy atom. The predicted octanol–water partition coefficient (Wildman–Crippen LogP) is -2.84. The Kier molecular flexibility index (Phi) is 23.7. The van der Waals surface area contributed by atoms with Gasteiger partial charge < -0.3 is 108 Å². The summed E-state index contributed by atoms with van der Waals surface area (Å²) in [5.41, 5.74) is -3.77. The first-order chi connectivity index (χ1) is 44.7. The first-order valence-corrected chi connectivity index (χ1v) is 36.2. The number of carbonyl (C=O) groups is 1. The van der Waals surface area contributed by atoms with Gasteiger partial charge in [-0.3, -0.25) is 18.5 Å². The van der Waals surface area contributed by atoms with Crippen molar-refractivity contribution in [2.75, 3.05) is 33.5 Å². The molecule has 560 valence electrons. The lowest BCUT2D eigenvalue weighted by Gasteiger charge is -2.65. The molecule has 9 aliphatic rings. The molecule has 0 aromatic carbocycles. The van der Waals surface area contributed by atoms with Gasteiger partial charge in [0, 0.05) is 13.0 Å². The van der Waals surface area contributed by atoms with E-state index in [-0.39, 0.29) is 17.3 Å². The number of fused-ring (bicyclic) bond motifs is 5. The summed E-state index contributed by atoms with van der Waals surface area (Å²) in [5.74, 6) is -0.942. The summed E-state index contributed by atoms with van der Waals surface area (Å²) in [6.45, 7) is 12.8. The van der Waals surface area contributed by atoms with Gasteiger partial charge in [-0.1, -0.05) is 52.3 Å². The molecule has 0 bridgehead atoms. The molecule has 35 nitrogen and oxygen atoms in total. The summed E-state index contributed by atoms with van der Waals surface area (Å²) in [4.78, 5) is 13.7. The number of ether oxygens (including phenoxy) is 11. The van der Waals surface area contributed by atoms with Gasteiger partial charge in [0.2, 0.25) is 0 Å². The molecule has 4 aliphatic carbocycles. The van der Waals surface area contributed by atoms with Crippen LogP contribution in [-0.4, -0.2) is 293 Å². The Bertz CT molecular complexity index is 3170. The summed E-state index contributed by atoms with van der Waals surface area (Å²) in [6.07, 6.45) is -37.8. The molecule has 0 radical (unpaired) electrons. The molecule has 0 amide bonds. The number of allylic oxidation sites excluding steroid dienone is 2. The Hall–Kier alpha value is -2.12. The molecule has 14 N–H and O–H groups in total. The average molecular weight is 1460 g/mol. The highest BCUT2D eigenvalue weighted by molar-refractivity contribution is 7.81. The maximum Gasteiger partial charge on any atom is 0.397 e. The van der Waals surface area contributed by atoms with Crippen molar-refractivity contribution in [2.24, 2.45) is 39.4 Å². The van der Waals surface area contributed by atoms with E-state index in [9.17, 15) is 99.9 Å². The van der Waals surface area contributed by atoms with E-state index < -0.39 is 244 Å². The van der Waals surface area contributed by atoms with Gasteiger partial charge in [0.15, 0.2) is 37.2 Å². The maximum atomic E-state index is 13.7. The van der Waals surface area contributed by atoms with Gasteiger partial charge in [0.1, 0.15) is 109 Å². The summed E-state index contributed by atoms with van der Waals surface area (Å²) < 4.78 is 181. The van der Waals surface area contributed by atoms with Crippen molar-refractivity contribution in [3.8, 4) is 0 Å². The van der Waals surface area contributed by atoms with E-state index in [1.54, 1.807) is 6.92 Å². The molecular formula is C59H96O35S3. The van der Waals surface area contributed by atoms with Crippen LogP contribution in [0.4, 0.5) is 0 Å². The van der Waals surface area contributed by atoms with Gasteiger partial charge in [0.25, 0.3) is 0 Å². The van der Waals surface area contributed by atoms with Crippen LogP contribution in [0.1, 0.15) is 107 Å². The van der Waals surface area contributed by atoms with Crippen LogP contribution in [0, 0.1) is 39.4 Å². The summed E-state index contributed by atoms with van der Waals surface area (Å²) in [6, 6.07) is 0. The van der Waals surface area contributed by atoms with Crippen molar-refractivity contribution in [3.63, 3.8) is 0 Å². The minimum absolute atomic E-state index is 0.0557. The monoisotopic (exact) mass is 1460 g/mol. The summed E-state index contributed by atoms with van der Waals surface area (Å²) in [5, 5.41) is 124. The fourth-order valence-corrected chi connectivity index (χ4v) is 18.0. The molecule has 0 unspecified atom stereocenters. The van der Waals surface area contributed by atoms with Crippen molar-refractivity contribution in [1.82, 2.24) is 0 Å². The van der Waals surface area contributed by atoms with Gasteiger partial charge in [-0.25, -0.2) is 12.5 Å². The Morgan fingerprint density at radius 3 is 1.71 bits per heavy atom. The maximum absolute atomic E-state index is 13.7. The third-order valence-electron chi connectivity index (χ3n) is 22.2. The molecule has 3 saturated carbocycles. The van der Waals surface area contributed by atoms with Crippen molar-refractivity contribution < 1.29 is 165 Å². The first-order valence-electron chi connectivity index (χ1n) is 32.1. The molecule has 9 rings (SSSR count). The van der Waals surface area contributed by atoms with E-state index in [1.165, 1.54) is 38.5 Å². The zero-order valence-corrected chi connectivity index (χ0v) is 57.6. The lowest BCUT2D eigenvalue weighted by atomic mass is 9.40. The second-order valence-corrected chi connectivity index (χ2v) is 32.4. The SMILES string of the molecule is CO[C@@H]1[C@@H](O)[C@H](O[C@@H]2[C@@H](O)[C@H](O[C@H]3[C@H](O)[C@@H](O[C@@H]4OC[C@@H](O)[C@H](O)[C@H]4O)[C@H](O[C@H]4[C@H](O[C@H]5CC[C@]6(C)[C@@H]7CC[C@]8(C)[C@@H]([C@@](C)(O)C(=O)/C=C/C(C)(C)O)CC[C@@]8(C)C7=CC[C@H]6C5(C)C)OC[C@@H](O)[C@@H]4OS(=O)(=O)O)O[C@@H]3C)O[C@H](COS(=O)(=O)O)[C@H]2O)O[C@H](COS(=O)(=O)O)[C@H]1O. The minimum atomic E-state index is -5.49. The van der Waals surface area contributed by atoms with Crippen molar-refractivity contribution in [3.05, 3.63) is 23.8 Å². The second kappa shape index (κ2) is 29.1. The van der Waals surface area contributed by atoms with E-state index in [0.717, 1.165) is 13.5 Å². The number of ketones is 1. The van der Waals surface area contributed by atoms with Crippen LogP contribution in [0.5, 0.6) is 0 Å². The van der Waals surface area contributed by atoms with E-state index in [2.05, 4.69) is 35.2 Å². The first kappa shape index (κ1) is 79.0. The number of aliphatic hydroxyl groups excluding tert-OH is 9. The molecule has 0 spiro atoms. The van der Waals surface area contributed by atoms with E-state index in [4.69, 9.17) is 56.3 Å². The lowest BCUT2D eigenvalue weighted by molar-refractivity contribution is -0.402. The highest BCUT2D eigenvalue weighted by atomic mass is 32.3. The van der Waals surface area contributed by atoms with E-state index >= 15 is 0 Å². The van der Waals surface area contributed by atoms with E-state index in [1.807, 2.05) is 13.8 Å². The predicted molar refractivity (Wildman–Crippen MR) is 322 cm³/mol. The number of aliphatic hydroxyl groups is 11. The van der Waals surface area contributed by atoms with E-state index in [0.29, 0.717) is 38.5 Å². The zero-order valence-electron chi connectivity index (χ0n) is 55.2. The normalized spacial score (nSPS) is 46.7. The highest BCUT2D eigenvalue weighted by Crippen LogP contribution is 2.74. The van der Waals surface area contributed by atoms with Gasteiger partial charge >= 0.3 is 31.2 Å². The molecular weight excluding hydrogens is 1360 g/mol. The molecule has 5 heterocycles. The van der Waals surface area contributed by atoms with Crippen LogP contribution in [0.3, 0.4) is 0 Å². The van der Waals surface area contributed by atoms with Crippen LogP contribution in [0.25, 0.3) is 0 Å². The third-order valence-corrected chi connectivity index (χ3v) is 23.5. The number of hydrogen-bond donors (Lipinski definition) is 14. The molecule has 97 heavy (non-hydrogen) atoms. The fourth-order valence-electron chi connectivity index (χ4n) is 16.9. The van der Waals surface area contributed by atoms with Gasteiger partial charge in [-0.2, -0.15) is 25.3 Å². The number of rotatable bonds is 23. The van der Waals surface area contributed by atoms with Crippen molar-refractivity contribution in [2.45, 2.75) is 266 Å². The minimum Gasteiger partial charge on any atom is -0.388 e. The van der Waals surface area contributed by atoms with Crippen LogP contribution >= 0.6 is 0 Å². The van der Waals surface area contributed by atoms with Crippen molar-refractivity contribution in [1.29, 1.82) is 0 Å². The van der Waals surface area contributed by atoms with Gasteiger partial charge in [-0.15, -0.1) is 0 Å². The highest BCUT2D eigenvalue weighted by Gasteiger charge is 2.69. The quantitative estimate of drug-likeness (QED) is 0.0278. The molecule has 8 fully saturated rings. The lowest BCUT2D eigenvalue weighted by Crippen LogP contribution is -2.68. The molecule has 5 aliphatic heterocycles. The topological polar surface area (TPSA) is 532 Å². The Morgan fingerprint density at radius 1 is 0.588 bits per heavy atom. The Balaban J connectivity index is 0.994. The number of methoxy groups -OCH3 is 1. The average Bonchev–Trinajstić information content (AvgIpc) is 1.64. The summed E-state index contributed by atoms with van der Waals surface area (Å²) in [7, 11) is -15.0. The smallest absolute Gasteiger partial charge is 0.388 e. The largest absolute Gasteiger partial charge is 0.397 e. The third kappa shape index (κ3) is 16.2. The molecule has 38 heteroatoms. The standard InChI is InChI=1S/C59H96O35S3/c1-25-43(90-51-42(69)46(38(65)31(88-51)24-85-96(75,76)77)91-50-41(68)45(81-10)37(64)30(87-50)23-84-95(72,73)74)40(67)47(92-49-39(66)36(63)28(60)21-82-49)53(86-25)93-48-44(94-97(78,79)80)29(61)22-83-52(48)89-35-16-18-56(6)26-13-19-58(8)33(59(9,71)34(62)15-17-54(2,3)70)14-20-57(58,7)27(26)11-12-32(56)55(35,4)5/h11,15,17,25-26,28-33,35-53,60-61,63-71H,12-14,16,18-24H2,1-10H3,(H,72,73,74)(H,75,76,77)(H,78,79,80)/b17-15+/t25-,26-,28-,29-,30-,31-,32+,33+,35+,36+,37-,38-,39-,40+,41-,42-,43-,44+,45+,46+,47-,48-,49+,50+,51+,52+,53+,56-,57+,58-,59-/m1/s1. The number of hydrogen-bond acceptors (Lipinski definition) is 32. The summed E-state index contributed by atoms with van der Waals surface area (Å²) >= 11 is 0. The van der Waals surface area contributed by atoms with Crippen LogP contribution in [0.2, 0.25) is 0 Å². The number of carbonyl (C=O) groups excluding carboxylic acids is 1.